The van der Waals surface area contributed by atoms with Crippen molar-refractivity contribution in [3.8, 4) is 0 Å². The van der Waals surface area contributed by atoms with Gasteiger partial charge in [0.05, 0.1) is 0 Å². The van der Waals surface area contributed by atoms with Gasteiger partial charge < -0.3 is 0 Å². The van der Waals surface area contributed by atoms with Crippen LogP contribution in [0.5, 0.6) is 0 Å². The van der Waals surface area contributed by atoms with Gasteiger partial charge in [-0.25, -0.2) is 0 Å². The van der Waals surface area contributed by atoms with E-state index < -0.39 is 17.5 Å². The summed E-state index contributed by atoms with van der Waals surface area (Å²) >= 11 is -1.94. The van der Waals surface area contributed by atoms with E-state index >= 15 is 0 Å². The van der Waals surface area contributed by atoms with Crippen molar-refractivity contribution in [1.29, 1.82) is 0 Å². The molecule has 0 bridgehead atoms. The van der Waals surface area contributed by atoms with Gasteiger partial charge in [0.25, 0.3) is 0 Å². The SMILES string of the molecule is [Cl][Sn]([Cl])[CH2]c1ccccc1. The molecule has 0 saturated carbocycles. The van der Waals surface area contributed by atoms with Gasteiger partial charge >= 0.3 is 75.7 Å². The van der Waals surface area contributed by atoms with Crippen LogP contribution in [0.4, 0.5) is 0 Å². The third kappa shape index (κ3) is 3.13. The Morgan fingerprint density at radius 2 is 1.70 bits per heavy atom. The summed E-state index contributed by atoms with van der Waals surface area (Å²) in [5, 5.41) is 0. The summed E-state index contributed by atoms with van der Waals surface area (Å²) in [6, 6.07) is 10.1. The molecule has 0 amide bonds. The molecule has 0 nitrogen and oxygen atoms in total. The molecule has 53 valence electrons. The van der Waals surface area contributed by atoms with Crippen LogP contribution in [-0.4, -0.2) is 17.5 Å². The van der Waals surface area contributed by atoms with E-state index in [2.05, 4.69) is 12.1 Å². The van der Waals surface area contributed by atoms with Crippen LogP contribution in [0, 0.1) is 0 Å². The fourth-order valence-electron chi connectivity index (χ4n) is 0.750. The van der Waals surface area contributed by atoms with Gasteiger partial charge in [-0.15, -0.1) is 0 Å². The summed E-state index contributed by atoms with van der Waals surface area (Å²) in [4.78, 5) is 0. The van der Waals surface area contributed by atoms with Crippen LogP contribution in [0.1, 0.15) is 5.56 Å². The Kier molecular flexibility index (Phi) is 3.89. The second kappa shape index (κ2) is 4.47. The second-order valence-corrected chi connectivity index (χ2v) is 12.4. The molecule has 1 rings (SSSR count). The van der Waals surface area contributed by atoms with Gasteiger partial charge in [0.2, 0.25) is 0 Å². The van der Waals surface area contributed by atoms with Crippen molar-refractivity contribution < 1.29 is 0 Å². The summed E-state index contributed by atoms with van der Waals surface area (Å²) in [5.74, 6) is 0. The van der Waals surface area contributed by atoms with Crippen LogP contribution in [0.25, 0.3) is 0 Å². The number of hydrogen-bond donors (Lipinski definition) is 0. The van der Waals surface area contributed by atoms with Crippen molar-refractivity contribution in [3.63, 3.8) is 0 Å². The number of rotatable bonds is 2. The van der Waals surface area contributed by atoms with Crippen LogP contribution >= 0.6 is 17.8 Å². The summed E-state index contributed by atoms with van der Waals surface area (Å²) in [6.07, 6.45) is 0. The third-order valence-electron chi connectivity index (χ3n) is 1.18. The van der Waals surface area contributed by atoms with Crippen LogP contribution < -0.4 is 0 Å². The summed E-state index contributed by atoms with van der Waals surface area (Å²) < 4.78 is 0.923. The first-order valence-electron chi connectivity index (χ1n) is 3.00. The first-order valence-corrected chi connectivity index (χ1v) is 12.2. The molecule has 3 heteroatoms. The fourth-order valence-corrected chi connectivity index (χ4v) is 4.37. The van der Waals surface area contributed by atoms with Crippen molar-refractivity contribution >= 4 is 35.3 Å². The Bertz CT molecular complexity index is 186. The molecule has 0 spiro atoms. The van der Waals surface area contributed by atoms with E-state index in [0.29, 0.717) is 0 Å². The molecule has 1 aromatic rings. The Hall–Kier alpha value is 0.599. The van der Waals surface area contributed by atoms with Gasteiger partial charge in [-0.1, -0.05) is 0 Å². The van der Waals surface area contributed by atoms with E-state index in [1.54, 1.807) is 0 Å². The molecular weight excluding hydrogens is 274 g/mol. The molecule has 0 aromatic heterocycles. The number of halogens is 2. The minimum atomic E-state index is -1.94. The summed E-state index contributed by atoms with van der Waals surface area (Å²) in [7, 11) is 11.5. The summed E-state index contributed by atoms with van der Waals surface area (Å²) in [6.45, 7) is 0. The van der Waals surface area contributed by atoms with Gasteiger partial charge in [0, 0.05) is 0 Å². The van der Waals surface area contributed by atoms with Crippen LogP contribution in [0.15, 0.2) is 30.3 Å². The van der Waals surface area contributed by atoms with E-state index in [4.69, 9.17) is 17.8 Å². The Labute approximate surface area is 75.3 Å². The Balaban J connectivity index is 2.59. The van der Waals surface area contributed by atoms with E-state index in [1.165, 1.54) is 5.56 Å². The minimum absolute atomic E-state index is 0.923. The molecule has 10 heavy (non-hydrogen) atoms. The van der Waals surface area contributed by atoms with Crippen LogP contribution in [0.2, 0.25) is 0 Å². The molecule has 0 fully saturated rings. The maximum absolute atomic E-state index is 5.77. The van der Waals surface area contributed by atoms with Gasteiger partial charge in [-0.2, -0.15) is 0 Å². The first kappa shape index (κ1) is 8.69. The van der Waals surface area contributed by atoms with Crippen molar-refractivity contribution in [2.75, 3.05) is 0 Å². The molecule has 0 aliphatic rings. The average Bonchev–Trinajstić information content (AvgIpc) is 1.88. The summed E-state index contributed by atoms with van der Waals surface area (Å²) in [5.41, 5.74) is 1.27. The maximum atomic E-state index is 5.77. The van der Waals surface area contributed by atoms with Crippen LogP contribution in [-0.2, 0) is 4.44 Å². The quantitative estimate of drug-likeness (QED) is 0.731. The standard InChI is InChI=1S/C7H7.2ClH.Sn/c1-7-5-3-2-4-6-7;;;/h2-6H,1H2;2*1H;/q;;;+2/p-2. The molecule has 0 heterocycles. The monoisotopic (exact) mass is 281 g/mol. The van der Waals surface area contributed by atoms with Gasteiger partial charge in [0.15, 0.2) is 0 Å². The molecule has 0 N–H and O–H groups in total. The number of benzene rings is 1. The van der Waals surface area contributed by atoms with Crippen molar-refractivity contribution in [2.24, 2.45) is 0 Å². The molecular formula is C7H7Cl2Sn. The topological polar surface area (TPSA) is 0 Å². The van der Waals surface area contributed by atoms with Gasteiger partial charge in [-0.05, 0) is 0 Å². The van der Waals surface area contributed by atoms with E-state index in [9.17, 15) is 0 Å². The Morgan fingerprint density at radius 1 is 1.10 bits per heavy atom. The molecule has 1 aromatic carbocycles. The fraction of sp³-hybridized carbons (Fsp3) is 0.143. The van der Waals surface area contributed by atoms with Crippen molar-refractivity contribution in [3.05, 3.63) is 35.9 Å². The zero-order valence-corrected chi connectivity index (χ0v) is 9.72. The van der Waals surface area contributed by atoms with E-state index in [0.717, 1.165) is 4.44 Å². The van der Waals surface area contributed by atoms with E-state index in [1.807, 2.05) is 18.2 Å². The Morgan fingerprint density at radius 3 is 2.20 bits per heavy atom. The molecule has 1 radical (unpaired) electrons. The average molecular weight is 281 g/mol. The van der Waals surface area contributed by atoms with Gasteiger partial charge in [0.1, 0.15) is 0 Å². The zero-order valence-electron chi connectivity index (χ0n) is 5.35. The zero-order chi connectivity index (χ0) is 7.40. The van der Waals surface area contributed by atoms with Gasteiger partial charge in [-0.3, -0.25) is 0 Å². The predicted octanol–water partition coefficient (Wildman–Crippen LogP) is 2.73. The third-order valence-corrected chi connectivity index (χ3v) is 4.90. The molecule has 0 atom stereocenters. The molecule has 0 aliphatic carbocycles. The first-order chi connectivity index (χ1) is 4.79. The molecule has 0 unspecified atom stereocenters. The molecule has 0 saturated heterocycles. The normalized spacial score (nSPS) is 10.3. The molecule has 0 aliphatic heterocycles. The number of hydrogen-bond acceptors (Lipinski definition) is 0. The second-order valence-electron chi connectivity index (χ2n) is 2.00. The van der Waals surface area contributed by atoms with E-state index in [-0.39, 0.29) is 0 Å². The van der Waals surface area contributed by atoms with Crippen LogP contribution in [0.3, 0.4) is 0 Å². The predicted molar refractivity (Wildman–Crippen MR) is 47.6 cm³/mol. The van der Waals surface area contributed by atoms with Crippen molar-refractivity contribution in [1.82, 2.24) is 0 Å². The van der Waals surface area contributed by atoms with Crippen molar-refractivity contribution in [2.45, 2.75) is 4.44 Å².